The number of H-pyrrole nitrogens is 1. The van der Waals surface area contributed by atoms with E-state index in [4.69, 9.17) is 4.42 Å². The quantitative estimate of drug-likeness (QED) is 0.785. The average Bonchev–Trinajstić information content (AvgIpc) is 2.90. The van der Waals surface area contributed by atoms with Crippen molar-refractivity contribution in [2.24, 2.45) is 0 Å². The molecule has 0 aliphatic carbocycles. The topological polar surface area (TPSA) is 53.9 Å². The number of furan rings is 1. The minimum Gasteiger partial charge on any atom is -0.467 e. The Morgan fingerprint density at radius 3 is 3.07 bits per heavy atom. The molecule has 0 spiro atoms. The van der Waals surface area contributed by atoms with E-state index in [9.17, 15) is 0 Å². The van der Waals surface area contributed by atoms with Crippen LogP contribution in [-0.2, 0) is 0 Å². The molecule has 2 heterocycles. The molecule has 0 aliphatic rings. The zero-order chi connectivity index (χ0) is 10.5. The Morgan fingerprint density at radius 2 is 2.47 bits per heavy atom. The van der Waals surface area contributed by atoms with Crippen molar-refractivity contribution in [1.82, 2.24) is 15.5 Å². The Morgan fingerprint density at radius 1 is 1.53 bits per heavy atom. The molecule has 2 aromatic heterocycles. The summed E-state index contributed by atoms with van der Waals surface area (Å²) in [6.07, 6.45) is 4.52. The van der Waals surface area contributed by atoms with Crippen molar-refractivity contribution in [3.63, 3.8) is 0 Å². The summed E-state index contributed by atoms with van der Waals surface area (Å²) >= 11 is 0. The number of nitrogens with zero attached hydrogens (tertiary/aromatic N) is 1. The van der Waals surface area contributed by atoms with Crippen LogP contribution in [0.1, 0.15) is 30.8 Å². The summed E-state index contributed by atoms with van der Waals surface area (Å²) in [4.78, 5) is 0. The van der Waals surface area contributed by atoms with Crippen LogP contribution in [0.5, 0.6) is 0 Å². The van der Waals surface area contributed by atoms with Gasteiger partial charge in [-0.15, -0.1) is 0 Å². The molecule has 0 aliphatic heterocycles. The average molecular weight is 205 g/mol. The molecule has 2 N–H and O–H groups in total. The second kappa shape index (κ2) is 4.79. The summed E-state index contributed by atoms with van der Waals surface area (Å²) in [6, 6.07) is 5.89. The number of rotatable bonds is 5. The van der Waals surface area contributed by atoms with Crippen LogP contribution in [0.2, 0.25) is 0 Å². The molecule has 1 atom stereocenters. The van der Waals surface area contributed by atoms with Gasteiger partial charge in [-0.05, 0) is 31.2 Å². The maximum Gasteiger partial charge on any atom is 0.126 e. The molecule has 0 aromatic carbocycles. The summed E-state index contributed by atoms with van der Waals surface area (Å²) in [6.45, 7) is 3.09. The molecule has 80 valence electrons. The summed E-state index contributed by atoms with van der Waals surface area (Å²) in [5, 5.41) is 10.3. The van der Waals surface area contributed by atoms with Crippen LogP contribution in [-0.4, -0.2) is 16.7 Å². The van der Waals surface area contributed by atoms with Gasteiger partial charge in [-0.2, -0.15) is 5.10 Å². The predicted octanol–water partition coefficient (Wildman–Crippen LogP) is 2.09. The number of aromatic nitrogens is 2. The van der Waals surface area contributed by atoms with E-state index in [1.165, 1.54) is 0 Å². The first-order valence-electron chi connectivity index (χ1n) is 5.18. The highest BCUT2D eigenvalue weighted by Gasteiger charge is 2.16. The number of aromatic amines is 1. The molecule has 1 unspecified atom stereocenters. The molecular weight excluding hydrogens is 190 g/mol. The molecule has 2 rings (SSSR count). The first-order valence-corrected chi connectivity index (χ1v) is 5.18. The van der Waals surface area contributed by atoms with Gasteiger partial charge in [-0.1, -0.05) is 6.92 Å². The SMILES string of the molecule is CCCNC(c1ccn[nH]1)c1ccco1. The van der Waals surface area contributed by atoms with Crippen molar-refractivity contribution in [2.75, 3.05) is 6.54 Å². The fourth-order valence-corrected chi connectivity index (χ4v) is 1.54. The van der Waals surface area contributed by atoms with Crippen LogP contribution < -0.4 is 5.32 Å². The van der Waals surface area contributed by atoms with Crippen LogP contribution in [0.15, 0.2) is 35.1 Å². The maximum absolute atomic E-state index is 5.41. The Hall–Kier alpha value is -1.55. The van der Waals surface area contributed by atoms with Gasteiger partial charge in [0.2, 0.25) is 0 Å². The van der Waals surface area contributed by atoms with Crippen molar-refractivity contribution >= 4 is 0 Å². The minimum absolute atomic E-state index is 0.0717. The van der Waals surface area contributed by atoms with Crippen LogP contribution in [0.4, 0.5) is 0 Å². The molecular formula is C11H15N3O. The Balaban J connectivity index is 2.17. The van der Waals surface area contributed by atoms with Gasteiger partial charge in [0.05, 0.1) is 12.0 Å². The van der Waals surface area contributed by atoms with Crippen molar-refractivity contribution in [1.29, 1.82) is 0 Å². The van der Waals surface area contributed by atoms with Gasteiger partial charge in [0.25, 0.3) is 0 Å². The van der Waals surface area contributed by atoms with Gasteiger partial charge < -0.3 is 9.73 Å². The molecule has 0 saturated carbocycles. The summed E-state index contributed by atoms with van der Waals surface area (Å²) in [5.74, 6) is 0.910. The highest BCUT2D eigenvalue weighted by atomic mass is 16.3. The zero-order valence-electron chi connectivity index (χ0n) is 8.73. The summed E-state index contributed by atoms with van der Waals surface area (Å²) in [5.41, 5.74) is 1.03. The molecule has 4 nitrogen and oxygen atoms in total. The van der Waals surface area contributed by atoms with Crippen molar-refractivity contribution in [3.8, 4) is 0 Å². The second-order valence-electron chi connectivity index (χ2n) is 3.41. The van der Waals surface area contributed by atoms with E-state index in [-0.39, 0.29) is 6.04 Å². The standard InChI is InChI=1S/C11H15N3O/c1-2-6-12-11(9-5-7-13-14-9)10-4-3-8-15-10/h3-5,7-8,11-12H,2,6H2,1H3,(H,13,14). The lowest BCUT2D eigenvalue weighted by Crippen LogP contribution is -2.23. The summed E-state index contributed by atoms with van der Waals surface area (Å²) < 4.78 is 5.41. The fraction of sp³-hybridized carbons (Fsp3) is 0.364. The number of hydrogen-bond acceptors (Lipinski definition) is 3. The Kier molecular flexibility index (Phi) is 3.19. The largest absolute Gasteiger partial charge is 0.467 e. The highest BCUT2D eigenvalue weighted by Crippen LogP contribution is 2.20. The summed E-state index contributed by atoms with van der Waals surface area (Å²) in [7, 11) is 0. The van der Waals surface area contributed by atoms with Gasteiger partial charge in [0, 0.05) is 6.20 Å². The van der Waals surface area contributed by atoms with Gasteiger partial charge in [-0.25, -0.2) is 0 Å². The predicted molar refractivity (Wildman–Crippen MR) is 57.4 cm³/mol. The third-order valence-corrected chi connectivity index (χ3v) is 2.26. The van der Waals surface area contributed by atoms with E-state index in [1.54, 1.807) is 12.5 Å². The van der Waals surface area contributed by atoms with Crippen LogP contribution >= 0.6 is 0 Å². The molecule has 4 heteroatoms. The van der Waals surface area contributed by atoms with Gasteiger partial charge in [0.1, 0.15) is 11.8 Å². The number of nitrogens with one attached hydrogen (secondary N) is 2. The lowest BCUT2D eigenvalue weighted by molar-refractivity contribution is 0.441. The molecule has 0 bridgehead atoms. The van der Waals surface area contributed by atoms with Gasteiger partial charge >= 0.3 is 0 Å². The first kappa shape index (κ1) is 9.98. The monoisotopic (exact) mass is 205 g/mol. The fourth-order valence-electron chi connectivity index (χ4n) is 1.54. The normalized spacial score (nSPS) is 12.9. The first-order chi connectivity index (χ1) is 7.42. The second-order valence-corrected chi connectivity index (χ2v) is 3.41. The smallest absolute Gasteiger partial charge is 0.126 e. The zero-order valence-corrected chi connectivity index (χ0v) is 8.73. The third kappa shape index (κ3) is 2.27. The third-order valence-electron chi connectivity index (χ3n) is 2.26. The Bertz CT molecular complexity index is 332. The van der Waals surface area contributed by atoms with E-state index in [0.717, 1.165) is 24.4 Å². The van der Waals surface area contributed by atoms with Crippen LogP contribution in [0.25, 0.3) is 0 Å². The molecule has 0 amide bonds. The molecule has 0 fully saturated rings. The van der Waals surface area contributed by atoms with Crippen molar-refractivity contribution in [2.45, 2.75) is 19.4 Å². The Labute approximate surface area is 88.7 Å². The van der Waals surface area contributed by atoms with Crippen molar-refractivity contribution < 1.29 is 4.42 Å². The van der Waals surface area contributed by atoms with E-state index in [2.05, 4.69) is 22.4 Å². The maximum atomic E-state index is 5.41. The van der Waals surface area contributed by atoms with E-state index >= 15 is 0 Å². The van der Waals surface area contributed by atoms with Crippen LogP contribution in [0, 0.1) is 0 Å². The lowest BCUT2D eigenvalue weighted by atomic mass is 10.1. The molecule has 15 heavy (non-hydrogen) atoms. The van der Waals surface area contributed by atoms with Gasteiger partial charge in [0.15, 0.2) is 0 Å². The van der Waals surface area contributed by atoms with E-state index < -0.39 is 0 Å². The van der Waals surface area contributed by atoms with Crippen LogP contribution in [0.3, 0.4) is 0 Å². The van der Waals surface area contributed by atoms with Crippen molar-refractivity contribution in [3.05, 3.63) is 42.1 Å². The van der Waals surface area contributed by atoms with E-state index in [0.29, 0.717) is 0 Å². The molecule has 2 aromatic rings. The number of hydrogen-bond donors (Lipinski definition) is 2. The molecule has 0 radical (unpaired) electrons. The van der Waals surface area contributed by atoms with E-state index in [1.807, 2.05) is 18.2 Å². The lowest BCUT2D eigenvalue weighted by Gasteiger charge is -2.13. The minimum atomic E-state index is 0.0717. The highest BCUT2D eigenvalue weighted by molar-refractivity contribution is 5.18. The molecule has 0 saturated heterocycles. The van der Waals surface area contributed by atoms with Gasteiger partial charge in [-0.3, -0.25) is 5.10 Å².